The highest BCUT2D eigenvalue weighted by Gasteiger charge is 2.29. The molecule has 188 valence electrons. The number of hydrogen-bond donors (Lipinski definition) is 0. The molecule has 4 rings (SSSR count). The molecule has 1 heterocycles. The van der Waals surface area contributed by atoms with Crippen molar-refractivity contribution in [3.05, 3.63) is 116 Å². The summed E-state index contributed by atoms with van der Waals surface area (Å²) in [6.45, 7) is 1.34. The second-order valence-corrected chi connectivity index (χ2v) is 10.5. The molecule has 4 nitrogen and oxygen atoms in total. The number of Topliss-reactive ketones (excluding diaryl/α,β-unsaturated/α-hetero) is 1. The van der Waals surface area contributed by atoms with Gasteiger partial charge in [0.25, 0.3) is 0 Å². The summed E-state index contributed by atoms with van der Waals surface area (Å²) < 4.78 is 6.29. The predicted octanol–water partition coefficient (Wildman–Crippen LogP) is 8.44. The number of ketones is 1. The monoisotopic (exact) mass is 582 g/mol. The molecule has 0 aliphatic carbocycles. The largest absolute Gasteiger partial charge is 0.365 e. The van der Waals surface area contributed by atoms with Gasteiger partial charge in [-0.1, -0.05) is 76.2 Å². The van der Waals surface area contributed by atoms with Crippen LogP contribution in [0.4, 0.5) is 0 Å². The van der Waals surface area contributed by atoms with Gasteiger partial charge in [-0.25, -0.2) is 0 Å². The van der Waals surface area contributed by atoms with E-state index >= 15 is 0 Å². The van der Waals surface area contributed by atoms with E-state index in [2.05, 4.69) is 0 Å². The third-order valence-electron chi connectivity index (χ3n) is 5.80. The third kappa shape index (κ3) is 7.10. The Morgan fingerprint density at radius 3 is 2.17 bits per heavy atom. The van der Waals surface area contributed by atoms with E-state index in [1.165, 1.54) is 0 Å². The fraction of sp³-hybridized carbons (Fsp3) is 0.222. The van der Waals surface area contributed by atoms with Gasteiger partial charge in [-0.05, 0) is 59.7 Å². The number of halogens is 5. The quantitative estimate of drug-likeness (QED) is 0.136. The zero-order valence-corrected chi connectivity index (χ0v) is 22.9. The number of carbonyl (C=O) groups is 1. The number of hydrogen-bond acceptors (Lipinski definition) is 4. The zero-order chi connectivity index (χ0) is 25.7. The Morgan fingerprint density at radius 2 is 1.50 bits per heavy atom. The Morgan fingerprint density at radius 1 is 0.861 bits per heavy atom. The van der Waals surface area contributed by atoms with Gasteiger partial charge in [0.05, 0.1) is 13.3 Å². The number of ether oxygens (including phenoxy) is 1. The Labute approximate surface area is 235 Å². The van der Waals surface area contributed by atoms with Gasteiger partial charge in [-0.2, -0.15) is 0 Å². The van der Waals surface area contributed by atoms with Gasteiger partial charge in [-0.15, -0.1) is 0 Å². The fourth-order valence-corrected chi connectivity index (χ4v) is 4.85. The van der Waals surface area contributed by atoms with Crippen LogP contribution in [0.3, 0.4) is 0 Å². The lowest BCUT2D eigenvalue weighted by molar-refractivity contribution is 0.00683. The Balaban J connectivity index is 1.40. The first kappa shape index (κ1) is 27.1. The SMILES string of the molecule is O=C(CCN1C=CN(C(Cl)C(OCc2ccc(Cl)cc2Cl)c2ccc(Cl)cc2)C1)c1ccc(Cl)cc1. The van der Waals surface area contributed by atoms with Crippen molar-refractivity contribution in [2.75, 3.05) is 13.2 Å². The molecule has 0 N–H and O–H groups in total. The predicted molar refractivity (Wildman–Crippen MR) is 148 cm³/mol. The molecule has 3 aromatic rings. The molecule has 0 amide bonds. The molecule has 0 radical (unpaired) electrons. The van der Waals surface area contributed by atoms with Crippen molar-refractivity contribution in [2.24, 2.45) is 0 Å². The maximum atomic E-state index is 12.5. The van der Waals surface area contributed by atoms with Gasteiger partial charge >= 0.3 is 0 Å². The summed E-state index contributed by atoms with van der Waals surface area (Å²) in [5.74, 6) is 0.0585. The Kier molecular flexibility index (Phi) is 9.46. The highest BCUT2D eigenvalue weighted by Crippen LogP contribution is 2.33. The maximum Gasteiger partial charge on any atom is 0.164 e. The lowest BCUT2D eigenvalue weighted by Crippen LogP contribution is -2.36. The normalized spacial score (nSPS) is 14.8. The van der Waals surface area contributed by atoms with Crippen LogP contribution in [0.15, 0.2) is 79.1 Å². The second-order valence-electron chi connectivity index (χ2n) is 8.34. The van der Waals surface area contributed by atoms with Crippen LogP contribution in [0.5, 0.6) is 0 Å². The van der Waals surface area contributed by atoms with E-state index in [0.717, 1.165) is 11.1 Å². The van der Waals surface area contributed by atoms with Crippen molar-refractivity contribution in [3.8, 4) is 0 Å². The summed E-state index contributed by atoms with van der Waals surface area (Å²) in [4.78, 5) is 16.5. The topological polar surface area (TPSA) is 32.8 Å². The molecule has 0 saturated carbocycles. The molecule has 2 unspecified atom stereocenters. The van der Waals surface area contributed by atoms with E-state index in [1.807, 2.05) is 40.4 Å². The number of alkyl halides is 1. The van der Waals surface area contributed by atoms with Crippen LogP contribution in [-0.2, 0) is 11.3 Å². The van der Waals surface area contributed by atoms with Crippen LogP contribution in [0.25, 0.3) is 0 Å². The molecule has 0 bridgehead atoms. The maximum absolute atomic E-state index is 12.5. The van der Waals surface area contributed by atoms with E-state index in [0.29, 0.717) is 45.3 Å². The number of carbonyl (C=O) groups excluding carboxylic acids is 1. The van der Waals surface area contributed by atoms with Crippen molar-refractivity contribution in [2.45, 2.75) is 24.6 Å². The lowest BCUT2D eigenvalue weighted by Gasteiger charge is -2.31. The Hall–Kier alpha value is -1.92. The van der Waals surface area contributed by atoms with Crippen molar-refractivity contribution in [1.29, 1.82) is 0 Å². The molecular weight excluding hydrogens is 562 g/mol. The van der Waals surface area contributed by atoms with E-state index in [1.54, 1.807) is 48.5 Å². The highest BCUT2D eigenvalue weighted by molar-refractivity contribution is 6.35. The van der Waals surface area contributed by atoms with Crippen LogP contribution in [-0.4, -0.2) is 34.3 Å². The molecular formula is C27H23Cl5N2O2. The summed E-state index contributed by atoms with van der Waals surface area (Å²) >= 11 is 31.3. The van der Waals surface area contributed by atoms with E-state index in [4.69, 9.17) is 62.7 Å². The van der Waals surface area contributed by atoms with E-state index < -0.39 is 11.6 Å². The summed E-state index contributed by atoms with van der Waals surface area (Å²) in [7, 11) is 0. The minimum atomic E-state index is -0.523. The van der Waals surface area contributed by atoms with Crippen LogP contribution in [0, 0.1) is 0 Å². The molecule has 3 aromatic carbocycles. The summed E-state index contributed by atoms with van der Waals surface area (Å²) in [5, 5.41) is 2.32. The number of benzene rings is 3. The van der Waals surface area contributed by atoms with Gasteiger partial charge in [0, 0.05) is 51.0 Å². The van der Waals surface area contributed by atoms with Crippen molar-refractivity contribution in [3.63, 3.8) is 0 Å². The van der Waals surface area contributed by atoms with Crippen LogP contribution in [0.2, 0.25) is 20.1 Å². The minimum Gasteiger partial charge on any atom is -0.365 e. The summed E-state index contributed by atoms with van der Waals surface area (Å²) in [6.07, 6.45) is 3.74. The van der Waals surface area contributed by atoms with Crippen molar-refractivity contribution < 1.29 is 9.53 Å². The number of rotatable bonds is 10. The minimum absolute atomic E-state index is 0.0585. The first-order valence-corrected chi connectivity index (χ1v) is 13.2. The van der Waals surface area contributed by atoms with Gasteiger partial charge in [-0.3, -0.25) is 4.79 Å². The molecule has 2 atom stereocenters. The smallest absolute Gasteiger partial charge is 0.164 e. The van der Waals surface area contributed by atoms with Crippen LogP contribution in [0.1, 0.15) is 34.0 Å². The van der Waals surface area contributed by atoms with Crippen molar-refractivity contribution in [1.82, 2.24) is 9.80 Å². The van der Waals surface area contributed by atoms with Crippen LogP contribution >= 0.6 is 58.0 Å². The summed E-state index contributed by atoms with van der Waals surface area (Å²) in [5.41, 5.74) is 1.81. The van der Waals surface area contributed by atoms with Gasteiger partial charge < -0.3 is 14.5 Å². The molecule has 1 aliphatic rings. The average Bonchev–Trinajstić information content (AvgIpc) is 3.34. The van der Waals surface area contributed by atoms with E-state index in [-0.39, 0.29) is 12.4 Å². The molecule has 36 heavy (non-hydrogen) atoms. The highest BCUT2D eigenvalue weighted by atomic mass is 35.5. The molecule has 0 fully saturated rings. The molecule has 0 aromatic heterocycles. The Bertz CT molecular complexity index is 1220. The average molecular weight is 585 g/mol. The molecule has 1 aliphatic heterocycles. The standard InChI is InChI=1S/C27H23Cl5N2O2/c28-21-6-1-18(2-7-21)25(35)11-12-33-13-14-34(17-33)27(32)26(19-3-8-22(29)9-4-19)36-16-20-5-10-23(30)15-24(20)31/h1-10,13-15,26-27H,11-12,16-17H2. The summed E-state index contributed by atoms with van der Waals surface area (Å²) in [6, 6.07) is 19.6. The third-order valence-corrected chi connectivity index (χ3v) is 7.38. The molecule has 9 heteroatoms. The fourth-order valence-electron chi connectivity index (χ4n) is 3.79. The lowest BCUT2D eigenvalue weighted by atomic mass is 10.1. The first-order chi connectivity index (χ1) is 17.3. The first-order valence-electron chi connectivity index (χ1n) is 11.2. The van der Waals surface area contributed by atoms with E-state index in [9.17, 15) is 4.79 Å². The van der Waals surface area contributed by atoms with Crippen molar-refractivity contribution >= 4 is 63.8 Å². The van der Waals surface area contributed by atoms with Crippen LogP contribution < -0.4 is 0 Å². The second kappa shape index (κ2) is 12.6. The van der Waals surface area contributed by atoms with Gasteiger partial charge in [0.1, 0.15) is 11.6 Å². The van der Waals surface area contributed by atoms with Gasteiger partial charge in [0.15, 0.2) is 5.78 Å². The zero-order valence-electron chi connectivity index (χ0n) is 19.1. The molecule has 0 saturated heterocycles. The molecule has 0 spiro atoms. The van der Waals surface area contributed by atoms with Gasteiger partial charge in [0.2, 0.25) is 0 Å². The number of nitrogens with zero attached hydrogens (tertiary/aromatic N) is 2.